The standard InChI is InChI=1S/C14H8Cl2F6N4OS/c1-26(2)11-10(28(27)14(20,21)22)12(5-23,25-24-11)9-7(15)3-6(4-8(9)16)13(17,18)19/h3-4H,1-2H3. The van der Waals surface area contributed by atoms with Gasteiger partial charge in [-0.25, -0.2) is 4.21 Å². The normalized spacial score (nSPS) is 21.0. The summed E-state index contributed by atoms with van der Waals surface area (Å²) in [5, 5.41) is 15.0. The van der Waals surface area contributed by atoms with Gasteiger partial charge in [-0.1, -0.05) is 23.2 Å². The number of benzene rings is 1. The van der Waals surface area contributed by atoms with Gasteiger partial charge in [0.05, 0.1) is 5.56 Å². The summed E-state index contributed by atoms with van der Waals surface area (Å²) in [7, 11) is -1.27. The van der Waals surface area contributed by atoms with Crippen LogP contribution in [0.2, 0.25) is 10.0 Å². The summed E-state index contributed by atoms with van der Waals surface area (Å²) in [5.74, 6) is -0.552. The van der Waals surface area contributed by atoms with E-state index in [1.807, 2.05) is 0 Å². The van der Waals surface area contributed by atoms with Crippen LogP contribution in [-0.2, 0) is 22.5 Å². The van der Waals surface area contributed by atoms with Gasteiger partial charge in [0.15, 0.2) is 16.6 Å². The zero-order valence-electron chi connectivity index (χ0n) is 13.8. The molecule has 14 heteroatoms. The Balaban J connectivity index is 2.87. The van der Waals surface area contributed by atoms with E-state index in [2.05, 4.69) is 10.2 Å². The van der Waals surface area contributed by atoms with Crippen molar-refractivity contribution in [3.63, 3.8) is 0 Å². The number of nitrogens with zero attached hydrogens (tertiary/aromatic N) is 4. The van der Waals surface area contributed by atoms with Crippen LogP contribution in [0.1, 0.15) is 11.1 Å². The fourth-order valence-electron chi connectivity index (χ4n) is 2.38. The van der Waals surface area contributed by atoms with Crippen LogP contribution in [0.4, 0.5) is 26.3 Å². The van der Waals surface area contributed by atoms with Crippen molar-refractivity contribution in [2.24, 2.45) is 10.2 Å². The zero-order chi connectivity index (χ0) is 21.7. The third-order valence-corrected chi connectivity index (χ3v) is 5.40. The van der Waals surface area contributed by atoms with Gasteiger partial charge >= 0.3 is 11.7 Å². The number of hydrogen-bond acceptors (Lipinski definition) is 5. The Labute approximate surface area is 166 Å². The second-order valence-electron chi connectivity index (χ2n) is 5.60. The van der Waals surface area contributed by atoms with E-state index in [9.17, 15) is 35.8 Å². The Bertz CT molecular complexity index is 928. The lowest BCUT2D eigenvalue weighted by Crippen LogP contribution is -2.33. The molecule has 0 radical (unpaired) electrons. The van der Waals surface area contributed by atoms with Gasteiger partial charge < -0.3 is 4.90 Å². The summed E-state index contributed by atoms with van der Waals surface area (Å²) in [4.78, 5) is -0.0796. The largest absolute Gasteiger partial charge is 0.475 e. The molecule has 2 rings (SSSR count). The second kappa shape index (κ2) is 7.20. The van der Waals surface area contributed by atoms with E-state index in [4.69, 9.17) is 23.2 Å². The van der Waals surface area contributed by atoms with Crippen molar-refractivity contribution in [3.05, 3.63) is 44.0 Å². The molecule has 0 saturated heterocycles. The van der Waals surface area contributed by atoms with Crippen LogP contribution >= 0.6 is 23.2 Å². The van der Waals surface area contributed by atoms with E-state index < -0.39 is 59.9 Å². The molecule has 0 aromatic heterocycles. The van der Waals surface area contributed by atoms with Crippen molar-refractivity contribution in [2.75, 3.05) is 14.1 Å². The first-order valence-corrected chi connectivity index (χ1v) is 8.89. The quantitative estimate of drug-likeness (QED) is 0.577. The molecule has 5 nitrogen and oxygen atoms in total. The molecule has 1 aromatic rings. The highest BCUT2D eigenvalue weighted by atomic mass is 35.5. The molecule has 2 atom stereocenters. The van der Waals surface area contributed by atoms with Gasteiger partial charge in [-0.3, -0.25) is 0 Å². The van der Waals surface area contributed by atoms with Crippen molar-refractivity contribution in [1.29, 1.82) is 5.26 Å². The molecule has 28 heavy (non-hydrogen) atoms. The smallest absolute Gasteiger partial charge is 0.360 e. The van der Waals surface area contributed by atoms with Gasteiger partial charge in [0.1, 0.15) is 11.0 Å². The van der Waals surface area contributed by atoms with Gasteiger partial charge in [0, 0.05) is 29.7 Å². The second-order valence-corrected chi connectivity index (χ2v) is 7.82. The predicted molar refractivity (Wildman–Crippen MR) is 88.5 cm³/mol. The summed E-state index contributed by atoms with van der Waals surface area (Å²) in [5.41, 5.74) is -10.00. The number of halogens is 8. The fraction of sp³-hybridized carbons (Fsp3) is 0.357. The molecule has 0 N–H and O–H groups in total. The van der Waals surface area contributed by atoms with Crippen molar-refractivity contribution >= 4 is 34.0 Å². The van der Waals surface area contributed by atoms with Crippen LogP contribution in [0.3, 0.4) is 0 Å². The Morgan fingerprint density at radius 1 is 1.14 bits per heavy atom. The predicted octanol–water partition coefficient (Wildman–Crippen LogP) is 5.20. The van der Waals surface area contributed by atoms with Gasteiger partial charge in [0.2, 0.25) is 5.54 Å². The van der Waals surface area contributed by atoms with Gasteiger partial charge in [0.25, 0.3) is 0 Å². The lowest BCUT2D eigenvalue weighted by Gasteiger charge is -2.25. The molecule has 1 aromatic carbocycles. The minimum absolute atomic E-state index is 0.388. The van der Waals surface area contributed by atoms with Crippen molar-refractivity contribution in [1.82, 2.24) is 4.90 Å². The molecule has 1 heterocycles. The van der Waals surface area contributed by atoms with Crippen LogP contribution in [0, 0.1) is 11.3 Å². The van der Waals surface area contributed by atoms with Gasteiger partial charge in [-0.15, -0.1) is 5.11 Å². The number of alkyl halides is 6. The van der Waals surface area contributed by atoms with E-state index in [0.29, 0.717) is 12.1 Å². The first-order chi connectivity index (χ1) is 12.7. The van der Waals surface area contributed by atoms with Gasteiger partial charge in [-0.05, 0) is 12.1 Å². The average Bonchev–Trinajstić information content (AvgIpc) is 2.92. The van der Waals surface area contributed by atoms with E-state index in [0.717, 1.165) is 4.90 Å². The third-order valence-electron chi connectivity index (χ3n) is 3.54. The lowest BCUT2D eigenvalue weighted by atomic mass is 9.90. The Morgan fingerprint density at radius 2 is 1.64 bits per heavy atom. The summed E-state index contributed by atoms with van der Waals surface area (Å²) in [6, 6.07) is 2.21. The molecule has 0 fully saturated rings. The van der Waals surface area contributed by atoms with Crippen LogP contribution in [-0.4, -0.2) is 28.7 Å². The molecule has 152 valence electrons. The van der Waals surface area contributed by atoms with Crippen LogP contribution in [0.5, 0.6) is 0 Å². The minimum atomic E-state index is -5.31. The third kappa shape index (κ3) is 3.70. The maximum absolute atomic E-state index is 13.2. The van der Waals surface area contributed by atoms with E-state index >= 15 is 0 Å². The van der Waals surface area contributed by atoms with E-state index in [1.54, 1.807) is 0 Å². The number of nitriles is 1. The SMILES string of the molecule is CN(C)C1=C(S(=O)C(F)(F)F)C(C#N)(c2c(Cl)cc(C(F)(F)F)cc2Cl)N=N1. The molecular formula is C14H8Cl2F6N4OS. The monoisotopic (exact) mass is 464 g/mol. The molecule has 0 amide bonds. The summed E-state index contributed by atoms with van der Waals surface area (Å²) in [6.07, 6.45) is -4.86. The Morgan fingerprint density at radius 3 is 2.00 bits per heavy atom. The van der Waals surface area contributed by atoms with Crippen LogP contribution in [0.25, 0.3) is 0 Å². The Kier molecular flexibility index (Phi) is 5.77. The van der Waals surface area contributed by atoms with E-state index in [1.165, 1.54) is 20.2 Å². The molecule has 1 aliphatic heterocycles. The zero-order valence-corrected chi connectivity index (χ0v) is 16.1. The highest BCUT2D eigenvalue weighted by molar-refractivity contribution is 7.90. The first-order valence-electron chi connectivity index (χ1n) is 6.98. The number of hydrogen-bond donors (Lipinski definition) is 0. The van der Waals surface area contributed by atoms with Crippen molar-refractivity contribution in [2.45, 2.75) is 17.2 Å². The van der Waals surface area contributed by atoms with Crippen LogP contribution < -0.4 is 0 Å². The number of azo groups is 1. The van der Waals surface area contributed by atoms with Crippen molar-refractivity contribution in [3.8, 4) is 6.07 Å². The maximum atomic E-state index is 13.2. The molecule has 0 saturated carbocycles. The minimum Gasteiger partial charge on any atom is -0.360 e. The van der Waals surface area contributed by atoms with Gasteiger partial charge in [-0.2, -0.15) is 36.7 Å². The lowest BCUT2D eigenvalue weighted by molar-refractivity contribution is -0.137. The summed E-state index contributed by atoms with van der Waals surface area (Å²) in [6.45, 7) is 0. The molecule has 0 aliphatic carbocycles. The highest BCUT2D eigenvalue weighted by Gasteiger charge is 2.56. The highest BCUT2D eigenvalue weighted by Crippen LogP contribution is 2.51. The summed E-state index contributed by atoms with van der Waals surface area (Å²) >= 11 is 11.7. The number of rotatable bonds is 3. The fourth-order valence-corrected chi connectivity index (χ4v) is 4.21. The summed E-state index contributed by atoms with van der Waals surface area (Å²) < 4.78 is 90.5. The maximum Gasteiger partial charge on any atom is 0.475 e. The Hall–Kier alpha value is -1.84. The average molecular weight is 465 g/mol. The molecular weight excluding hydrogens is 457 g/mol. The van der Waals surface area contributed by atoms with Crippen molar-refractivity contribution < 1.29 is 30.6 Å². The molecule has 2 unspecified atom stereocenters. The van der Waals surface area contributed by atoms with Crippen LogP contribution in [0.15, 0.2) is 33.1 Å². The molecule has 0 bridgehead atoms. The molecule has 1 aliphatic rings. The first kappa shape index (κ1) is 22.4. The molecule has 0 spiro atoms. The van der Waals surface area contributed by atoms with E-state index in [-0.39, 0.29) is 0 Å². The topological polar surface area (TPSA) is 68.8 Å².